The molecule has 0 aromatic heterocycles. The number of halogens is 1. The molecule has 1 saturated heterocycles. The number of aliphatic hydroxyl groups is 2. The van der Waals surface area contributed by atoms with Gasteiger partial charge in [0.15, 0.2) is 11.7 Å². The quantitative estimate of drug-likeness (QED) is 0.213. The molecule has 3 aliphatic rings. The van der Waals surface area contributed by atoms with Gasteiger partial charge in [-0.05, 0) is 39.5 Å². The summed E-state index contributed by atoms with van der Waals surface area (Å²) in [6.07, 6.45) is -3.72. The van der Waals surface area contributed by atoms with Crippen molar-refractivity contribution in [1.82, 2.24) is 0 Å². The van der Waals surface area contributed by atoms with Crippen molar-refractivity contribution in [3.8, 4) is 0 Å². The molecule has 0 bridgehead atoms. The Morgan fingerprint density at radius 3 is 2.30 bits per heavy atom. The summed E-state index contributed by atoms with van der Waals surface area (Å²) in [5.74, 6) is -5.44. The molecule has 226 valence electrons. The molecule has 1 aliphatic heterocycles. The van der Waals surface area contributed by atoms with Gasteiger partial charge in [0.2, 0.25) is 0 Å². The van der Waals surface area contributed by atoms with E-state index >= 15 is 0 Å². The van der Waals surface area contributed by atoms with Gasteiger partial charge >= 0.3 is 23.9 Å². The van der Waals surface area contributed by atoms with E-state index in [2.05, 4.69) is 6.58 Å². The van der Waals surface area contributed by atoms with Crippen molar-refractivity contribution in [2.45, 2.75) is 122 Å². The Bertz CT molecular complexity index is 1040. The minimum atomic E-state index is -2.21. The number of hydrogen-bond donors (Lipinski definition) is 2. The van der Waals surface area contributed by atoms with Crippen molar-refractivity contribution in [2.75, 3.05) is 0 Å². The molecule has 10 nitrogen and oxygen atoms in total. The number of rotatable bonds is 5. The summed E-state index contributed by atoms with van der Waals surface area (Å²) >= 11 is 6.77. The largest absolute Gasteiger partial charge is 0.462 e. The molecule has 0 aromatic rings. The second-order valence-corrected chi connectivity index (χ2v) is 12.7. The monoisotopic (exact) mass is 586 g/mol. The van der Waals surface area contributed by atoms with Crippen LogP contribution in [0.4, 0.5) is 0 Å². The standard InChI is InChI=1S/C29H43ClO10/c1-9-20(32)38-18-11-10-15(4)21(30)23-29(36,16(5)26(34)40-23)24(37-17(6)31)22-27(18,7)13-12-19(28(22,8)35)39-25(33)14(2)3/h14,16,18-19,21-24,35-36H,4,9-13H2,1-3,5-8H3/t16-,18+,19-,21-,22+,23-,24-,27+,28+,29-/m0/s1. The first-order valence-corrected chi connectivity index (χ1v) is 14.4. The summed E-state index contributed by atoms with van der Waals surface area (Å²) in [5.41, 5.74) is -4.81. The molecule has 2 N–H and O–H groups in total. The molecule has 0 aromatic carbocycles. The van der Waals surface area contributed by atoms with Crippen LogP contribution >= 0.6 is 11.6 Å². The molecule has 3 rings (SSSR count). The van der Waals surface area contributed by atoms with Crippen LogP contribution in [-0.2, 0) is 38.1 Å². The average molecular weight is 587 g/mol. The summed E-state index contributed by atoms with van der Waals surface area (Å²) in [6.45, 7) is 14.9. The Kier molecular flexibility index (Phi) is 9.38. The number of fused-ring (bicyclic) bond motifs is 2. The van der Waals surface area contributed by atoms with Crippen LogP contribution in [-0.4, -0.2) is 75.1 Å². The number of carbonyl (C=O) groups is 4. The zero-order valence-electron chi connectivity index (χ0n) is 24.4. The molecule has 2 aliphatic carbocycles. The van der Waals surface area contributed by atoms with Gasteiger partial charge in [-0.25, -0.2) is 0 Å². The third-order valence-electron chi connectivity index (χ3n) is 9.15. The second kappa shape index (κ2) is 11.6. The summed E-state index contributed by atoms with van der Waals surface area (Å²) < 4.78 is 23.2. The van der Waals surface area contributed by atoms with Gasteiger partial charge in [-0.1, -0.05) is 39.8 Å². The third kappa shape index (κ3) is 5.51. The van der Waals surface area contributed by atoms with Crippen LogP contribution in [0.2, 0.25) is 0 Å². The number of carbonyl (C=O) groups excluding carboxylic acids is 4. The normalized spacial score (nSPS) is 41.8. The number of alkyl halides is 1. The molecule has 0 unspecified atom stereocenters. The van der Waals surface area contributed by atoms with Crippen molar-refractivity contribution in [1.29, 1.82) is 0 Å². The highest BCUT2D eigenvalue weighted by molar-refractivity contribution is 6.23. The van der Waals surface area contributed by atoms with Crippen LogP contribution in [0.3, 0.4) is 0 Å². The van der Waals surface area contributed by atoms with E-state index in [1.54, 1.807) is 27.7 Å². The van der Waals surface area contributed by atoms with E-state index in [1.165, 1.54) is 13.8 Å². The maximum Gasteiger partial charge on any atom is 0.312 e. The average Bonchev–Trinajstić information content (AvgIpc) is 3.10. The first kappa shape index (κ1) is 32.3. The summed E-state index contributed by atoms with van der Waals surface area (Å²) in [7, 11) is 0. The van der Waals surface area contributed by atoms with Crippen LogP contribution in [0.5, 0.6) is 0 Å². The zero-order chi connectivity index (χ0) is 30.4. The minimum Gasteiger partial charge on any atom is -0.462 e. The molecular weight excluding hydrogens is 544 g/mol. The third-order valence-corrected chi connectivity index (χ3v) is 9.68. The van der Waals surface area contributed by atoms with Crippen LogP contribution in [0.25, 0.3) is 0 Å². The van der Waals surface area contributed by atoms with Crippen LogP contribution in [0, 0.1) is 23.2 Å². The summed E-state index contributed by atoms with van der Waals surface area (Å²) in [4.78, 5) is 50.9. The van der Waals surface area contributed by atoms with Gasteiger partial charge < -0.3 is 29.2 Å². The fraction of sp³-hybridized carbons (Fsp3) is 0.793. The summed E-state index contributed by atoms with van der Waals surface area (Å²) in [5, 5.41) is 23.7. The minimum absolute atomic E-state index is 0.0973. The predicted molar refractivity (Wildman–Crippen MR) is 144 cm³/mol. The van der Waals surface area contributed by atoms with E-state index in [9.17, 15) is 29.4 Å². The molecule has 10 atom stereocenters. The highest BCUT2D eigenvalue weighted by atomic mass is 35.5. The molecule has 0 spiro atoms. The van der Waals surface area contributed by atoms with Crippen molar-refractivity contribution in [2.24, 2.45) is 23.2 Å². The lowest BCUT2D eigenvalue weighted by atomic mass is 9.52. The van der Waals surface area contributed by atoms with E-state index in [0.29, 0.717) is 5.57 Å². The van der Waals surface area contributed by atoms with E-state index in [1.807, 2.05) is 0 Å². The molecule has 0 amide bonds. The van der Waals surface area contributed by atoms with Crippen molar-refractivity contribution < 1.29 is 48.3 Å². The van der Waals surface area contributed by atoms with Gasteiger partial charge in [0, 0.05) is 24.7 Å². The van der Waals surface area contributed by atoms with Gasteiger partial charge in [-0.15, -0.1) is 11.6 Å². The fourth-order valence-electron chi connectivity index (χ4n) is 6.73. The van der Waals surface area contributed by atoms with E-state index in [4.69, 9.17) is 30.5 Å². The molecule has 40 heavy (non-hydrogen) atoms. The van der Waals surface area contributed by atoms with Crippen molar-refractivity contribution >= 4 is 35.5 Å². The van der Waals surface area contributed by atoms with Gasteiger partial charge in [0.05, 0.1) is 17.2 Å². The maximum atomic E-state index is 12.9. The number of hydrogen-bond acceptors (Lipinski definition) is 10. The fourth-order valence-corrected chi connectivity index (χ4v) is 7.09. The molecule has 0 radical (unpaired) electrons. The van der Waals surface area contributed by atoms with E-state index in [0.717, 1.165) is 6.92 Å². The lowest BCUT2D eigenvalue weighted by Gasteiger charge is -2.59. The summed E-state index contributed by atoms with van der Waals surface area (Å²) in [6, 6.07) is 0. The SMILES string of the molecule is C=C1CC[C@@H](OC(=O)CC)[C@@]2(C)CC[C@H](OC(=O)C(C)C)[C@@](C)(O)[C@@H]2[C@H](OC(C)=O)[C@]2(O)[C@@H](C)C(=O)O[C@H]2[C@H]1Cl. The molecule has 3 fully saturated rings. The van der Waals surface area contributed by atoms with Gasteiger partial charge in [-0.3, -0.25) is 19.2 Å². The van der Waals surface area contributed by atoms with Crippen LogP contribution < -0.4 is 0 Å². The molecule has 11 heteroatoms. The number of ether oxygens (including phenoxy) is 4. The first-order valence-electron chi connectivity index (χ1n) is 14.0. The Labute approximate surface area is 240 Å². The zero-order valence-corrected chi connectivity index (χ0v) is 25.2. The highest BCUT2D eigenvalue weighted by Crippen LogP contribution is 2.58. The Morgan fingerprint density at radius 1 is 1.12 bits per heavy atom. The van der Waals surface area contributed by atoms with E-state index < -0.39 is 88.0 Å². The van der Waals surface area contributed by atoms with Crippen molar-refractivity contribution in [3.05, 3.63) is 12.2 Å². The van der Waals surface area contributed by atoms with Crippen LogP contribution in [0.15, 0.2) is 12.2 Å². The maximum absolute atomic E-state index is 12.9. The molecule has 1 heterocycles. The number of esters is 4. The highest BCUT2D eigenvalue weighted by Gasteiger charge is 2.71. The molecular formula is C29H43ClO10. The Hall–Kier alpha value is -2.17. The first-order chi connectivity index (χ1) is 18.4. The smallest absolute Gasteiger partial charge is 0.312 e. The topological polar surface area (TPSA) is 146 Å². The van der Waals surface area contributed by atoms with Crippen LogP contribution in [0.1, 0.15) is 80.6 Å². The molecule has 2 saturated carbocycles. The van der Waals surface area contributed by atoms with Gasteiger partial charge in [-0.2, -0.15) is 0 Å². The van der Waals surface area contributed by atoms with Crippen molar-refractivity contribution in [3.63, 3.8) is 0 Å². The van der Waals surface area contributed by atoms with E-state index in [-0.39, 0.29) is 32.1 Å². The lowest BCUT2D eigenvalue weighted by molar-refractivity contribution is -0.270. The van der Waals surface area contributed by atoms with Gasteiger partial charge in [0.25, 0.3) is 0 Å². The lowest BCUT2D eigenvalue weighted by Crippen LogP contribution is -2.71. The Balaban J connectivity index is 2.32. The Morgan fingerprint density at radius 2 is 1.75 bits per heavy atom. The predicted octanol–water partition coefficient (Wildman–Crippen LogP) is 3.23. The van der Waals surface area contributed by atoms with Gasteiger partial charge in [0.1, 0.15) is 23.9 Å². The second-order valence-electron chi connectivity index (χ2n) is 12.3.